The summed E-state index contributed by atoms with van der Waals surface area (Å²) in [4.78, 5) is 17.4. The van der Waals surface area contributed by atoms with Crippen molar-refractivity contribution in [1.82, 2.24) is 0 Å². The SMILES string of the molecule is Cc1ccc(NC(=O)c2cc3ccccc3oc2=Nc2ccc(C)cc2F)c(C)c1. The van der Waals surface area contributed by atoms with Gasteiger partial charge >= 0.3 is 0 Å². The number of rotatable bonds is 3. The van der Waals surface area contributed by atoms with Crippen LogP contribution in [0.25, 0.3) is 11.0 Å². The van der Waals surface area contributed by atoms with Gasteiger partial charge in [0.05, 0.1) is 0 Å². The van der Waals surface area contributed by atoms with Gasteiger partial charge in [0.1, 0.15) is 22.7 Å². The minimum absolute atomic E-state index is 0.0544. The molecule has 30 heavy (non-hydrogen) atoms. The molecular formula is C25H21FN2O2. The van der Waals surface area contributed by atoms with Crippen LogP contribution in [0, 0.1) is 26.6 Å². The summed E-state index contributed by atoms with van der Waals surface area (Å²) in [7, 11) is 0. The zero-order chi connectivity index (χ0) is 21.3. The van der Waals surface area contributed by atoms with E-state index in [0.717, 1.165) is 22.1 Å². The maximum atomic E-state index is 14.4. The first-order valence-corrected chi connectivity index (χ1v) is 9.63. The van der Waals surface area contributed by atoms with Crippen LogP contribution >= 0.6 is 0 Å². The largest absolute Gasteiger partial charge is 0.438 e. The summed E-state index contributed by atoms with van der Waals surface area (Å²) in [5.41, 5.74) is 4.50. The molecule has 0 bridgehead atoms. The van der Waals surface area contributed by atoms with E-state index >= 15 is 0 Å². The molecule has 0 aliphatic carbocycles. The lowest BCUT2D eigenvalue weighted by molar-refractivity contribution is 0.102. The number of nitrogens with zero attached hydrogens (tertiary/aromatic N) is 1. The van der Waals surface area contributed by atoms with E-state index in [0.29, 0.717) is 11.3 Å². The second-order valence-electron chi connectivity index (χ2n) is 7.34. The van der Waals surface area contributed by atoms with Crippen LogP contribution in [0.3, 0.4) is 0 Å². The Morgan fingerprint density at radius 2 is 1.67 bits per heavy atom. The van der Waals surface area contributed by atoms with Gasteiger partial charge in [0.2, 0.25) is 5.55 Å². The van der Waals surface area contributed by atoms with Crippen LogP contribution in [0.5, 0.6) is 0 Å². The van der Waals surface area contributed by atoms with Crippen molar-refractivity contribution in [3.8, 4) is 0 Å². The molecule has 0 saturated carbocycles. The number of hydrogen-bond donors (Lipinski definition) is 1. The minimum atomic E-state index is -0.473. The molecule has 3 aromatic carbocycles. The summed E-state index contributed by atoms with van der Waals surface area (Å²) in [6, 6.07) is 19.6. The number of nitrogens with one attached hydrogen (secondary N) is 1. The van der Waals surface area contributed by atoms with Crippen LogP contribution in [0.4, 0.5) is 15.8 Å². The number of hydrogen-bond acceptors (Lipinski definition) is 3. The summed E-state index contributed by atoms with van der Waals surface area (Å²) < 4.78 is 20.3. The second kappa shape index (κ2) is 7.95. The molecule has 0 atom stereocenters. The molecule has 1 N–H and O–H groups in total. The Hall–Kier alpha value is -3.73. The maximum absolute atomic E-state index is 14.4. The molecule has 0 aliphatic heterocycles. The molecule has 150 valence electrons. The number of anilines is 1. The van der Waals surface area contributed by atoms with Gasteiger partial charge in [-0.05, 0) is 62.2 Å². The molecule has 0 unspecified atom stereocenters. The van der Waals surface area contributed by atoms with Crippen molar-refractivity contribution in [2.45, 2.75) is 20.8 Å². The van der Waals surface area contributed by atoms with Crippen molar-refractivity contribution in [3.63, 3.8) is 0 Å². The lowest BCUT2D eigenvalue weighted by atomic mass is 10.1. The standard InChI is InChI=1S/C25H21FN2O2/c1-15-8-10-21(17(3)12-15)27-24(29)19-14-18-6-4-5-7-23(18)30-25(19)28-22-11-9-16(2)13-20(22)26/h4-14H,1-3H3,(H,27,29). The fourth-order valence-corrected chi connectivity index (χ4v) is 3.27. The third-order valence-electron chi connectivity index (χ3n) is 4.86. The van der Waals surface area contributed by atoms with Gasteiger partial charge in [-0.15, -0.1) is 0 Å². The molecule has 4 rings (SSSR count). The molecule has 0 spiro atoms. The Kier molecular flexibility index (Phi) is 5.19. The first-order valence-electron chi connectivity index (χ1n) is 9.63. The quantitative estimate of drug-likeness (QED) is 0.460. The Labute approximate surface area is 173 Å². The van der Waals surface area contributed by atoms with Gasteiger partial charge in [-0.1, -0.05) is 42.0 Å². The molecule has 5 heteroatoms. The maximum Gasteiger partial charge on any atom is 0.261 e. The highest BCUT2D eigenvalue weighted by Crippen LogP contribution is 2.21. The van der Waals surface area contributed by atoms with Crippen LogP contribution in [0.2, 0.25) is 0 Å². The van der Waals surface area contributed by atoms with E-state index in [1.165, 1.54) is 6.07 Å². The van der Waals surface area contributed by atoms with Gasteiger partial charge in [-0.3, -0.25) is 4.79 Å². The van der Waals surface area contributed by atoms with Crippen molar-refractivity contribution < 1.29 is 13.6 Å². The number of aryl methyl sites for hydroxylation is 3. The van der Waals surface area contributed by atoms with Gasteiger partial charge in [0, 0.05) is 11.1 Å². The van der Waals surface area contributed by atoms with E-state index in [1.807, 2.05) is 50.2 Å². The highest BCUT2D eigenvalue weighted by Gasteiger charge is 2.15. The van der Waals surface area contributed by atoms with E-state index in [2.05, 4.69) is 10.3 Å². The van der Waals surface area contributed by atoms with Gasteiger partial charge in [-0.25, -0.2) is 9.38 Å². The lowest BCUT2D eigenvalue weighted by Crippen LogP contribution is -2.22. The molecule has 0 fully saturated rings. The monoisotopic (exact) mass is 400 g/mol. The van der Waals surface area contributed by atoms with Crippen LogP contribution < -0.4 is 10.9 Å². The molecule has 1 amide bonds. The smallest absolute Gasteiger partial charge is 0.261 e. The highest BCUT2D eigenvalue weighted by atomic mass is 19.1. The van der Waals surface area contributed by atoms with Crippen molar-refractivity contribution in [2.75, 3.05) is 5.32 Å². The zero-order valence-corrected chi connectivity index (χ0v) is 17.0. The molecule has 4 aromatic rings. The predicted octanol–water partition coefficient (Wildman–Crippen LogP) is 5.98. The van der Waals surface area contributed by atoms with Gasteiger partial charge in [-0.2, -0.15) is 0 Å². The summed E-state index contributed by atoms with van der Waals surface area (Å²) in [5, 5.41) is 3.67. The molecule has 4 nitrogen and oxygen atoms in total. The highest BCUT2D eigenvalue weighted by molar-refractivity contribution is 6.05. The molecule has 0 aliphatic rings. The normalized spacial score (nSPS) is 11.7. The van der Waals surface area contributed by atoms with Crippen LogP contribution in [-0.4, -0.2) is 5.91 Å². The van der Waals surface area contributed by atoms with E-state index in [9.17, 15) is 9.18 Å². The average molecular weight is 400 g/mol. The third-order valence-corrected chi connectivity index (χ3v) is 4.86. The van der Waals surface area contributed by atoms with Gasteiger partial charge in [0.15, 0.2) is 0 Å². The fraction of sp³-hybridized carbons (Fsp3) is 0.120. The Morgan fingerprint density at radius 3 is 2.43 bits per heavy atom. The second-order valence-corrected chi connectivity index (χ2v) is 7.34. The fourth-order valence-electron chi connectivity index (χ4n) is 3.27. The van der Waals surface area contributed by atoms with Crippen LogP contribution in [-0.2, 0) is 0 Å². The van der Waals surface area contributed by atoms with E-state index in [4.69, 9.17) is 4.42 Å². The number of carbonyl (C=O) groups excluding carboxylic acids is 1. The Bertz CT molecular complexity index is 1340. The molecule has 0 saturated heterocycles. The summed E-state index contributed by atoms with van der Waals surface area (Å²) in [5.74, 6) is -0.846. The molecular weight excluding hydrogens is 379 g/mol. The van der Waals surface area contributed by atoms with E-state index in [1.54, 1.807) is 31.2 Å². The number of fused-ring (bicyclic) bond motifs is 1. The molecule has 1 heterocycles. The van der Waals surface area contributed by atoms with Crippen molar-refractivity contribution in [3.05, 3.63) is 100 Å². The first-order chi connectivity index (χ1) is 14.4. The van der Waals surface area contributed by atoms with Gasteiger partial charge in [0.25, 0.3) is 5.91 Å². The average Bonchev–Trinajstić information content (AvgIpc) is 2.71. The molecule has 1 aromatic heterocycles. The predicted molar refractivity (Wildman–Crippen MR) is 116 cm³/mol. The summed E-state index contributed by atoms with van der Waals surface area (Å²) in [6.07, 6.45) is 0. The van der Waals surface area contributed by atoms with E-state index < -0.39 is 5.82 Å². The Morgan fingerprint density at radius 1 is 0.933 bits per heavy atom. The van der Waals surface area contributed by atoms with Crippen LogP contribution in [0.15, 0.2) is 76.1 Å². The van der Waals surface area contributed by atoms with Crippen molar-refractivity contribution in [2.24, 2.45) is 4.99 Å². The number of amides is 1. The number of halogens is 1. The first kappa shape index (κ1) is 19.6. The number of carbonyl (C=O) groups is 1. The summed E-state index contributed by atoms with van der Waals surface area (Å²) >= 11 is 0. The Balaban J connectivity index is 1.86. The van der Waals surface area contributed by atoms with Crippen LogP contribution in [0.1, 0.15) is 27.0 Å². The van der Waals surface area contributed by atoms with E-state index in [-0.39, 0.29) is 22.7 Å². The van der Waals surface area contributed by atoms with Gasteiger partial charge < -0.3 is 9.73 Å². The number of para-hydroxylation sites is 1. The zero-order valence-electron chi connectivity index (χ0n) is 17.0. The van der Waals surface area contributed by atoms with Crippen molar-refractivity contribution >= 4 is 28.3 Å². The molecule has 0 radical (unpaired) electrons. The lowest BCUT2D eigenvalue weighted by Gasteiger charge is -2.10. The summed E-state index contributed by atoms with van der Waals surface area (Å²) in [6.45, 7) is 5.73. The third kappa shape index (κ3) is 4.01. The minimum Gasteiger partial charge on any atom is -0.438 e. The van der Waals surface area contributed by atoms with Crippen molar-refractivity contribution in [1.29, 1.82) is 0 Å². The topological polar surface area (TPSA) is 54.6 Å². The number of benzene rings is 3.